The van der Waals surface area contributed by atoms with E-state index in [1.54, 1.807) is 30.3 Å². The summed E-state index contributed by atoms with van der Waals surface area (Å²) < 4.78 is 0. The minimum absolute atomic E-state index is 0.147. The molecule has 26 heavy (non-hydrogen) atoms. The molecule has 1 aliphatic heterocycles. The Morgan fingerprint density at radius 2 is 2.00 bits per heavy atom. The molecule has 3 N–H and O–H groups in total. The molecule has 1 atom stereocenters. The molecule has 0 spiro atoms. The molecule has 0 radical (unpaired) electrons. The second kappa shape index (κ2) is 7.49. The van der Waals surface area contributed by atoms with Crippen LogP contribution < -0.4 is 16.1 Å². The predicted octanol–water partition coefficient (Wildman–Crippen LogP) is 1.29. The lowest BCUT2D eigenvalue weighted by molar-refractivity contribution is -0.119. The van der Waals surface area contributed by atoms with Gasteiger partial charge in [0.05, 0.1) is 17.3 Å². The van der Waals surface area contributed by atoms with Crippen molar-refractivity contribution in [3.8, 4) is 6.07 Å². The highest BCUT2D eigenvalue weighted by Crippen LogP contribution is 2.24. The zero-order chi connectivity index (χ0) is 18.5. The number of nitriles is 1. The summed E-state index contributed by atoms with van der Waals surface area (Å²) >= 11 is 0. The number of para-hydroxylation sites is 1. The van der Waals surface area contributed by atoms with Gasteiger partial charge in [-0.05, 0) is 29.8 Å². The molecule has 130 valence electrons. The number of anilines is 1. The van der Waals surface area contributed by atoms with Crippen LogP contribution in [0.2, 0.25) is 0 Å². The number of carbonyl (C=O) groups is 2. The Morgan fingerprint density at radius 3 is 2.69 bits per heavy atom. The first kappa shape index (κ1) is 17.2. The van der Waals surface area contributed by atoms with Crippen molar-refractivity contribution in [2.24, 2.45) is 10.8 Å². The van der Waals surface area contributed by atoms with Gasteiger partial charge in [0.2, 0.25) is 5.91 Å². The molecule has 2 amide bonds. The molecule has 7 heteroatoms. The van der Waals surface area contributed by atoms with Crippen LogP contribution in [-0.4, -0.2) is 23.6 Å². The highest BCUT2D eigenvalue weighted by atomic mass is 16.2. The molecule has 0 fully saturated rings. The van der Waals surface area contributed by atoms with E-state index in [4.69, 9.17) is 11.0 Å². The number of hydrogen-bond acceptors (Lipinski definition) is 5. The topological polar surface area (TPSA) is 112 Å². The van der Waals surface area contributed by atoms with Crippen molar-refractivity contribution in [3.05, 3.63) is 65.7 Å². The van der Waals surface area contributed by atoms with Crippen LogP contribution in [0.3, 0.4) is 0 Å². The predicted molar refractivity (Wildman–Crippen MR) is 97.0 cm³/mol. The van der Waals surface area contributed by atoms with E-state index in [9.17, 15) is 9.59 Å². The Bertz CT molecular complexity index is 902. The molecule has 0 bridgehead atoms. The maximum Gasteiger partial charge on any atom is 0.267 e. The van der Waals surface area contributed by atoms with Crippen LogP contribution >= 0.6 is 0 Å². The minimum Gasteiger partial charge on any atom is -0.368 e. The van der Waals surface area contributed by atoms with Crippen LogP contribution in [0, 0.1) is 11.3 Å². The van der Waals surface area contributed by atoms with Gasteiger partial charge in [-0.2, -0.15) is 10.4 Å². The van der Waals surface area contributed by atoms with Crippen molar-refractivity contribution in [2.45, 2.75) is 19.0 Å². The van der Waals surface area contributed by atoms with Gasteiger partial charge in [0, 0.05) is 13.0 Å². The summed E-state index contributed by atoms with van der Waals surface area (Å²) in [6.45, 7) is 0.264. The molecular weight excluding hydrogens is 330 g/mol. The number of benzene rings is 2. The highest BCUT2D eigenvalue weighted by Gasteiger charge is 2.34. The van der Waals surface area contributed by atoms with Gasteiger partial charge in [-0.1, -0.05) is 30.3 Å². The number of nitrogens with two attached hydrogens (primary N) is 1. The van der Waals surface area contributed by atoms with Crippen LogP contribution in [0.5, 0.6) is 0 Å². The van der Waals surface area contributed by atoms with Crippen molar-refractivity contribution in [1.82, 2.24) is 5.32 Å². The highest BCUT2D eigenvalue weighted by molar-refractivity contribution is 6.40. The van der Waals surface area contributed by atoms with Crippen molar-refractivity contribution in [2.75, 3.05) is 5.01 Å². The Kier molecular flexibility index (Phi) is 4.94. The number of carbonyl (C=O) groups excluding carboxylic acids is 2. The minimum atomic E-state index is -0.694. The third kappa shape index (κ3) is 3.70. The van der Waals surface area contributed by atoms with Crippen molar-refractivity contribution >= 4 is 23.2 Å². The van der Waals surface area contributed by atoms with Gasteiger partial charge in [0.25, 0.3) is 5.91 Å². The Balaban J connectivity index is 1.72. The van der Waals surface area contributed by atoms with Gasteiger partial charge < -0.3 is 11.1 Å². The lowest BCUT2D eigenvalue weighted by atomic mass is 10.1. The molecule has 0 aliphatic carbocycles. The molecule has 7 nitrogen and oxygen atoms in total. The Labute approximate surface area is 150 Å². The molecule has 0 saturated heterocycles. The number of hydrogen-bond donors (Lipinski definition) is 2. The van der Waals surface area contributed by atoms with Gasteiger partial charge in [-0.15, -0.1) is 0 Å². The van der Waals surface area contributed by atoms with E-state index in [1.807, 2.05) is 24.3 Å². The van der Waals surface area contributed by atoms with Gasteiger partial charge >= 0.3 is 0 Å². The first-order chi connectivity index (χ1) is 12.6. The zero-order valence-corrected chi connectivity index (χ0v) is 13.9. The third-order valence-electron chi connectivity index (χ3n) is 4.03. The summed E-state index contributed by atoms with van der Waals surface area (Å²) in [4.78, 5) is 24.2. The van der Waals surface area contributed by atoms with E-state index >= 15 is 0 Å². The zero-order valence-electron chi connectivity index (χ0n) is 13.9. The van der Waals surface area contributed by atoms with Gasteiger partial charge in [-0.3, -0.25) is 14.6 Å². The fraction of sp³-hybridized carbons (Fsp3) is 0.158. The first-order valence-electron chi connectivity index (χ1n) is 8.07. The molecule has 0 unspecified atom stereocenters. The normalized spacial score (nSPS) is 15.9. The molecule has 1 heterocycles. The molecular formula is C19H17N5O2. The molecule has 2 aromatic rings. The average Bonchev–Trinajstić information content (AvgIpc) is 3.13. The maximum absolute atomic E-state index is 12.4. The number of amides is 2. The first-order valence-corrected chi connectivity index (χ1v) is 8.07. The fourth-order valence-electron chi connectivity index (χ4n) is 2.72. The molecule has 0 aromatic heterocycles. The monoisotopic (exact) mass is 347 g/mol. The number of nitrogens with zero attached hydrogens (tertiary/aromatic N) is 3. The second-order valence-corrected chi connectivity index (χ2v) is 5.84. The lowest BCUT2D eigenvalue weighted by Gasteiger charge is -2.20. The number of rotatable bonds is 5. The third-order valence-corrected chi connectivity index (χ3v) is 4.03. The Hall–Kier alpha value is -3.66. The smallest absolute Gasteiger partial charge is 0.267 e. The van der Waals surface area contributed by atoms with E-state index in [0.29, 0.717) is 11.3 Å². The van der Waals surface area contributed by atoms with E-state index in [1.165, 1.54) is 5.01 Å². The SMILES string of the molecule is N#Cc1cccc(CNC(=O)C2=NN(c3ccccc3)[C@@H](C(N)=O)C2)c1. The standard InChI is InChI=1S/C19H17N5O2/c20-11-13-5-4-6-14(9-13)12-22-19(26)16-10-17(18(21)25)24(23-16)15-7-2-1-3-8-15/h1-9,17H,10,12H2,(H2,21,25)(H,22,26)/t17-/m1/s1. The van der Waals surface area contributed by atoms with E-state index < -0.39 is 11.9 Å². The maximum atomic E-state index is 12.4. The largest absolute Gasteiger partial charge is 0.368 e. The van der Waals surface area contributed by atoms with Crippen LogP contribution in [0.1, 0.15) is 17.5 Å². The van der Waals surface area contributed by atoms with Crippen LogP contribution in [-0.2, 0) is 16.1 Å². The molecule has 1 aliphatic rings. The summed E-state index contributed by atoms with van der Waals surface area (Å²) in [5.74, 6) is -0.904. The number of nitrogens with one attached hydrogen (secondary N) is 1. The van der Waals surface area contributed by atoms with Crippen LogP contribution in [0.4, 0.5) is 5.69 Å². The van der Waals surface area contributed by atoms with Gasteiger partial charge in [0.1, 0.15) is 11.8 Å². The number of hydrazone groups is 1. The van der Waals surface area contributed by atoms with Gasteiger partial charge in [0.15, 0.2) is 0 Å². The quantitative estimate of drug-likeness (QED) is 0.849. The van der Waals surface area contributed by atoms with E-state index in [-0.39, 0.29) is 24.6 Å². The molecule has 2 aromatic carbocycles. The fourth-order valence-corrected chi connectivity index (χ4v) is 2.72. The summed E-state index contributed by atoms with van der Waals surface area (Å²) in [7, 11) is 0. The van der Waals surface area contributed by atoms with Crippen molar-refractivity contribution < 1.29 is 9.59 Å². The Morgan fingerprint density at radius 1 is 1.23 bits per heavy atom. The lowest BCUT2D eigenvalue weighted by Crippen LogP contribution is -2.39. The van der Waals surface area contributed by atoms with Crippen molar-refractivity contribution in [3.63, 3.8) is 0 Å². The average molecular weight is 347 g/mol. The number of primary amides is 1. The molecule has 0 saturated carbocycles. The summed E-state index contributed by atoms with van der Waals surface area (Å²) in [6, 6.07) is 17.4. The van der Waals surface area contributed by atoms with Crippen LogP contribution in [0.15, 0.2) is 59.7 Å². The van der Waals surface area contributed by atoms with E-state index in [0.717, 1.165) is 5.56 Å². The van der Waals surface area contributed by atoms with Gasteiger partial charge in [-0.25, -0.2) is 0 Å². The van der Waals surface area contributed by atoms with E-state index in [2.05, 4.69) is 16.5 Å². The summed E-state index contributed by atoms with van der Waals surface area (Å²) in [5.41, 5.74) is 7.74. The van der Waals surface area contributed by atoms with Crippen molar-refractivity contribution in [1.29, 1.82) is 5.26 Å². The summed E-state index contributed by atoms with van der Waals surface area (Å²) in [5, 5.41) is 17.5. The second-order valence-electron chi connectivity index (χ2n) is 5.84. The van der Waals surface area contributed by atoms with Crippen LogP contribution in [0.25, 0.3) is 0 Å². The molecule has 3 rings (SSSR count). The summed E-state index contributed by atoms with van der Waals surface area (Å²) in [6.07, 6.45) is 0.147.